The minimum atomic E-state index is -0.581. The molecule has 2 fully saturated rings. The van der Waals surface area contributed by atoms with E-state index in [-0.39, 0.29) is 11.8 Å². The van der Waals surface area contributed by atoms with E-state index in [4.69, 9.17) is 0 Å². The number of amides is 1. The Hall–Kier alpha value is -0.610. The summed E-state index contributed by atoms with van der Waals surface area (Å²) < 4.78 is 0. The van der Waals surface area contributed by atoms with Gasteiger partial charge in [-0.15, -0.1) is 0 Å². The number of carbonyl (C=O) groups excluding carboxylic acids is 1. The highest BCUT2D eigenvalue weighted by Crippen LogP contribution is 2.28. The first-order valence-corrected chi connectivity index (χ1v) is 7.74. The second-order valence-corrected chi connectivity index (χ2v) is 6.66. The van der Waals surface area contributed by atoms with Gasteiger partial charge in [-0.2, -0.15) is 0 Å². The number of hydrogen-bond donors (Lipinski definition) is 2. The van der Waals surface area contributed by atoms with Gasteiger partial charge in [0.15, 0.2) is 0 Å². The molecule has 19 heavy (non-hydrogen) atoms. The van der Waals surface area contributed by atoms with Crippen molar-refractivity contribution in [3.8, 4) is 0 Å². The average Bonchev–Trinajstić information content (AvgIpc) is 2.55. The molecule has 4 nitrogen and oxygen atoms in total. The van der Waals surface area contributed by atoms with Gasteiger partial charge in [-0.1, -0.05) is 39.5 Å². The van der Waals surface area contributed by atoms with E-state index in [0.717, 1.165) is 12.8 Å². The average molecular weight is 268 g/mol. The molecular formula is C15H28N2O2. The van der Waals surface area contributed by atoms with Gasteiger partial charge in [0.2, 0.25) is 5.91 Å². The molecule has 1 aliphatic heterocycles. The molecule has 0 aromatic carbocycles. The number of nitrogens with zero attached hydrogens (tertiary/aromatic N) is 1. The molecule has 0 radical (unpaired) electrons. The van der Waals surface area contributed by atoms with E-state index in [1.54, 1.807) is 0 Å². The molecule has 0 aromatic rings. The SMILES string of the molecule is CC(C)C1(O)CN(CC(=O)NC2CCCCCC2)C1. The Morgan fingerprint density at radius 2 is 1.84 bits per heavy atom. The molecule has 110 valence electrons. The highest BCUT2D eigenvalue weighted by molar-refractivity contribution is 5.78. The lowest BCUT2D eigenvalue weighted by molar-refractivity contribution is -0.142. The highest BCUT2D eigenvalue weighted by atomic mass is 16.3. The van der Waals surface area contributed by atoms with Crippen LogP contribution in [0, 0.1) is 5.92 Å². The summed E-state index contributed by atoms with van der Waals surface area (Å²) in [6.07, 6.45) is 7.34. The van der Waals surface area contributed by atoms with E-state index in [2.05, 4.69) is 5.32 Å². The largest absolute Gasteiger partial charge is 0.387 e. The van der Waals surface area contributed by atoms with Gasteiger partial charge in [0.05, 0.1) is 12.1 Å². The minimum Gasteiger partial charge on any atom is -0.387 e. The molecule has 0 bridgehead atoms. The molecule has 0 atom stereocenters. The molecule has 2 N–H and O–H groups in total. The molecule has 2 rings (SSSR count). The predicted molar refractivity (Wildman–Crippen MR) is 75.9 cm³/mol. The number of hydrogen-bond acceptors (Lipinski definition) is 3. The lowest BCUT2D eigenvalue weighted by Gasteiger charge is -2.48. The van der Waals surface area contributed by atoms with E-state index in [0.29, 0.717) is 25.7 Å². The summed E-state index contributed by atoms with van der Waals surface area (Å²) in [5.41, 5.74) is -0.581. The van der Waals surface area contributed by atoms with Crippen molar-refractivity contribution in [2.45, 2.75) is 64.0 Å². The fourth-order valence-corrected chi connectivity index (χ4v) is 3.11. The lowest BCUT2D eigenvalue weighted by Crippen LogP contribution is -2.65. The normalized spacial score (nSPS) is 24.8. The summed E-state index contributed by atoms with van der Waals surface area (Å²) in [6.45, 7) is 5.75. The van der Waals surface area contributed by atoms with Crippen LogP contribution in [0.1, 0.15) is 52.4 Å². The van der Waals surface area contributed by atoms with Gasteiger partial charge in [-0.3, -0.25) is 9.69 Å². The standard InChI is InChI=1S/C15H28N2O2/c1-12(2)15(19)10-17(11-15)9-14(18)16-13-7-5-3-4-6-8-13/h12-13,19H,3-11H2,1-2H3,(H,16,18). The molecule has 2 aliphatic rings. The van der Waals surface area contributed by atoms with Crippen molar-refractivity contribution >= 4 is 5.91 Å². The molecule has 1 amide bonds. The van der Waals surface area contributed by atoms with Crippen LogP contribution >= 0.6 is 0 Å². The van der Waals surface area contributed by atoms with E-state index in [9.17, 15) is 9.90 Å². The molecule has 1 aliphatic carbocycles. The molecular weight excluding hydrogens is 240 g/mol. The van der Waals surface area contributed by atoms with Gasteiger partial charge < -0.3 is 10.4 Å². The van der Waals surface area contributed by atoms with Crippen molar-refractivity contribution in [1.82, 2.24) is 10.2 Å². The maximum absolute atomic E-state index is 12.0. The summed E-state index contributed by atoms with van der Waals surface area (Å²) >= 11 is 0. The third-order valence-corrected chi connectivity index (χ3v) is 4.66. The third-order valence-electron chi connectivity index (χ3n) is 4.66. The summed E-state index contributed by atoms with van der Waals surface area (Å²) in [5, 5.41) is 13.3. The Bertz CT molecular complexity index is 303. The van der Waals surface area contributed by atoms with Gasteiger partial charge >= 0.3 is 0 Å². The van der Waals surface area contributed by atoms with Crippen molar-refractivity contribution in [2.24, 2.45) is 5.92 Å². The number of aliphatic hydroxyl groups is 1. The fraction of sp³-hybridized carbons (Fsp3) is 0.933. The van der Waals surface area contributed by atoms with Crippen molar-refractivity contribution in [3.63, 3.8) is 0 Å². The molecule has 0 unspecified atom stereocenters. The lowest BCUT2D eigenvalue weighted by atomic mass is 9.83. The number of β-amino-alcohol motifs (C(OH)–C–C–N with tert-alkyl or cyclic N) is 1. The maximum atomic E-state index is 12.0. The maximum Gasteiger partial charge on any atom is 0.234 e. The van der Waals surface area contributed by atoms with E-state index in [1.165, 1.54) is 25.7 Å². The van der Waals surface area contributed by atoms with Crippen LogP contribution in [-0.4, -0.2) is 47.2 Å². The summed E-state index contributed by atoms with van der Waals surface area (Å²) in [6, 6.07) is 0.375. The van der Waals surface area contributed by atoms with Gasteiger partial charge in [-0.25, -0.2) is 0 Å². The van der Waals surface area contributed by atoms with Crippen LogP contribution in [0.2, 0.25) is 0 Å². The second kappa shape index (κ2) is 6.23. The summed E-state index contributed by atoms with van der Waals surface area (Å²) in [4.78, 5) is 14.0. The van der Waals surface area contributed by atoms with Gasteiger partial charge in [0, 0.05) is 19.1 Å². The molecule has 0 aromatic heterocycles. The van der Waals surface area contributed by atoms with Crippen LogP contribution in [0.3, 0.4) is 0 Å². The molecule has 4 heteroatoms. The first kappa shape index (κ1) is 14.8. The highest BCUT2D eigenvalue weighted by Gasteiger charge is 2.43. The van der Waals surface area contributed by atoms with E-state index < -0.39 is 5.60 Å². The van der Waals surface area contributed by atoms with E-state index in [1.807, 2.05) is 18.7 Å². The number of nitrogens with one attached hydrogen (secondary N) is 1. The topological polar surface area (TPSA) is 52.6 Å². The molecule has 1 heterocycles. The van der Waals surface area contributed by atoms with Crippen LogP contribution in [-0.2, 0) is 4.79 Å². The van der Waals surface area contributed by atoms with Gasteiger partial charge in [0.1, 0.15) is 0 Å². The Kier molecular flexibility index (Phi) is 4.85. The summed E-state index contributed by atoms with van der Waals surface area (Å²) in [5.74, 6) is 0.381. The van der Waals surface area contributed by atoms with Crippen LogP contribution in [0.15, 0.2) is 0 Å². The number of likely N-dealkylation sites (tertiary alicyclic amines) is 1. The Morgan fingerprint density at radius 1 is 1.26 bits per heavy atom. The van der Waals surface area contributed by atoms with Crippen molar-refractivity contribution in [1.29, 1.82) is 0 Å². The van der Waals surface area contributed by atoms with Crippen molar-refractivity contribution < 1.29 is 9.90 Å². The smallest absolute Gasteiger partial charge is 0.234 e. The Labute approximate surface area is 116 Å². The third kappa shape index (κ3) is 3.93. The van der Waals surface area contributed by atoms with Gasteiger partial charge in [0.25, 0.3) is 0 Å². The van der Waals surface area contributed by atoms with Crippen LogP contribution < -0.4 is 5.32 Å². The van der Waals surface area contributed by atoms with Crippen LogP contribution in [0.4, 0.5) is 0 Å². The van der Waals surface area contributed by atoms with Crippen molar-refractivity contribution in [3.05, 3.63) is 0 Å². The van der Waals surface area contributed by atoms with E-state index >= 15 is 0 Å². The zero-order valence-electron chi connectivity index (χ0n) is 12.3. The number of rotatable bonds is 4. The van der Waals surface area contributed by atoms with Crippen LogP contribution in [0.25, 0.3) is 0 Å². The molecule has 1 saturated carbocycles. The quantitative estimate of drug-likeness (QED) is 0.760. The fourth-order valence-electron chi connectivity index (χ4n) is 3.11. The zero-order chi connectivity index (χ0) is 13.9. The zero-order valence-corrected chi connectivity index (χ0v) is 12.3. The van der Waals surface area contributed by atoms with Crippen LogP contribution in [0.5, 0.6) is 0 Å². The monoisotopic (exact) mass is 268 g/mol. The minimum absolute atomic E-state index is 0.123. The Morgan fingerprint density at radius 3 is 2.37 bits per heavy atom. The second-order valence-electron chi connectivity index (χ2n) is 6.66. The van der Waals surface area contributed by atoms with Gasteiger partial charge in [-0.05, 0) is 18.8 Å². The molecule has 1 saturated heterocycles. The summed E-state index contributed by atoms with van der Waals surface area (Å²) in [7, 11) is 0. The predicted octanol–water partition coefficient (Wildman–Crippen LogP) is 1.53. The number of carbonyl (C=O) groups is 1. The Balaban J connectivity index is 1.68. The first-order valence-electron chi connectivity index (χ1n) is 7.74. The van der Waals surface area contributed by atoms with Crippen molar-refractivity contribution in [2.75, 3.05) is 19.6 Å². The molecule has 0 spiro atoms. The first-order chi connectivity index (χ1) is 8.99.